The van der Waals surface area contributed by atoms with Gasteiger partial charge in [-0.1, -0.05) is 50.5 Å². The predicted molar refractivity (Wildman–Crippen MR) is 160 cm³/mol. The van der Waals surface area contributed by atoms with Gasteiger partial charge < -0.3 is 14.2 Å². The van der Waals surface area contributed by atoms with Crippen LogP contribution in [0.1, 0.15) is 43.7 Å². The topological polar surface area (TPSA) is 27.7 Å². The van der Waals surface area contributed by atoms with Crippen LogP contribution < -0.4 is 4.74 Å². The van der Waals surface area contributed by atoms with Gasteiger partial charge in [-0.05, 0) is 71.7 Å². The SMILES string of the molecule is CCCCCC1COC(/C=C/c2ccc(C(F)(F)Oc3ccc(-c4ccc(-c5cc(F)c(F)c(F)c5)c(F)c4)c(F)c3)c(F)c2)OC1. The molecule has 0 aliphatic carbocycles. The molecule has 0 bridgehead atoms. The molecule has 47 heavy (non-hydrogen) atoms. The Morgan fingerprint density at radius 3 is 2.00 bits per heavy atom. The maximum atomic E-state index is 15.0. The second kappa shape index (κ2) is 14.7. The van der Waals surface area contributed by atoms with Gasteiger partial charge >= 0.3 is 6.11 Å². The molecule has 0 atom stereocenters. The van der Waals surface area contributed by atoms with E-state index in [1.54, 1.807) is 6.08 Å². The highest BCUT2D eigenvalue weighted by Gasteiger charge is 2.38. The van der Waals surface area contributed by atoms with Crippen LogP contribution >= 0.6 is 0 Å². The summed E-state index contributed by atoms with van der Waals surface area (Å²) in [7, 11) is 0. The summed E-state index contributed by atoms with van der Waals surface area (Å²) >= 11 is 0. The van der Waals surface area contributed by atoms with E-state index >= 15 is 0 Å². The van der Waals surface area contributed by atoms with E-state index in [4.69, 9.17) is 9.47 Å². The van der Waals surface area contributed by atoms with Gasteiger partial charge in [0.1, 0.15) is 23.2 Å². The van der Waals surface area contributed by atoms with E-state index in [2.05, 4.69) is 11.7 Å². The molecule has 0 spiro atoms. The molecule has 0 radical (unpaired) electrons. The van der Waals surface area contributed by atoms with Gasteiger partial charge in [-0.15, -0.1) is 0 Å². The van der Waals surface area contributed by atoms with Crippen molar-refractivity contribution in [3.05, 3.63) is 119 Å². The second-order valence-electron chi connectivity index (χ2n) is 11.2. The van der Waals surface area contributed by atoms with E-state index in [1.807, 2.05) is 0 Å². The summed E-state index contributed by atoms with van der Waals surface area (Å²) in [6, 6.07) is 10.1. The van der Waals surface area contributed by atoms with Crippen LogP contribution in [0.25, 0.3) is 28.3 Å². The number of alkyl halides is 2. The molecule has 4 aromatic carbocycles. The molecule has 0 unspecified atom stereocenters. The molecular formula is C36H30F8O3. The van der Waals surface area contributed by atoms with Gasteiger partial charge in [0.2, 0.25) is 0 Å². The van der Waals surface area contributed by atoms with Crippen LogP contribution in [0, 0.1) is 40.8 Å². The minimum Gasteiger partial charge on any atom is -0.429 e. The van der Waals surface area contributed by atoms with Crippen molar-refractivity contribution < 1.29 is 49.3 Å². The first-order valence-electron chi connectivity index (χ1n) is 15.0. The van der Waals surface area contributed by atoms with Crippen LogP contribution in [0.4, 0.5) is 35.1 Å². The Kier molecular flexibility index (Phi) is 10.7. The minimum atomic E-state index is -4.18. The van der Waals surface area contributed by atoms with Crippen molar-refractivity contribution in [2.24, 2.45) is 5.92 Å². The number of benzene rings is 4. The Balaban J connectivity index is 1.24. The van der Waals surface area contributed by atoms with E-state index in [1.165, 1.54) is 18.2 Å². The zero-order valence-corrected chi connectivity index (χ0v) is 25.2. The number of unbranched alkanes of at least 4 members (excludes halogenated alkanes) is 2. The third-order valence-corrected chi connectivity index (χ3v) is 7.72. The van der Waals surface area contributed by atoms with Crippen LogP contribution in [-0.4, -0.2) is 19.5 Å². The van der Waals surface area contributed by atoms with Gasteiger partial charge in [0.25, 0.3) is 0 Å². The first-order valence-corrected chi connectivity index (χ1v) is 15.0. The lowest BCUT2D eigenvalue weighted by Crippen LogP contribution is -2.30. The molecule has 1 aliphatic rings. The average Bonchev–Trinajstić information content (AvgIpc) is 3.03. The van der Waals surface area contributed by atoms with Crippen LogP contribution in [-0.2, 0) is 15.6 Å². The summed E-state index contributed by atoms with van der Waals surface area (Å²) < 4.78 is 131. The van der Waals surface area contributed by atoms with Crippen LogP contribution in [0.2, 0.25) is 0 Å². The van der Waals surface area contributed by atoms with Gasteiger partial charge in [0.05, 0.1) is 18.8 Å². The van der Waals surface area contributed by atoms with Gasteiger partial charge in [0, 0.05) is 23.1 Å². The van der Waals surface area contributed by atoms with Gasteiger partial charge in [0.15, 0.2) is 23.7 Å². The normalized spacial score (nSPS) is 17.0. The fraction of sp³-hybridized carbons (Fsp3) is 0.278. The molecule has 0 N–H and O–H groups in total. The summed E-state index contributed by atoms with van der Waals surface area (Å²) in [5.74, 6) is -8.39. The molecule has 3 nitrogen and oxygen atoms in total. The Labute approximate surface area is 266 Å². The maximum Gasteiger partial charge on any atom is 0.429 e. The van der Waals surface area contributed by atoms with Crippen molar-refractivity contribution >= 4 is 6.08 Å². The average molecular weight is 663 g/mol. The molecule has 1 heterocycles. The highest BCUT2D eigenvalue weighted by atomic mass is 19.3. The molecule has 1 fully saturated rings. The first-order chi connectivity index (χ1) is 22.4. The number of ether oxygens (including phenoxy) is 3. The lowest BCUT2D eigenvalue weighted by Gasteiger charge is -2.27. The highest BCUT2D eigenvalue weighted by molar-refractivity contribution is 5.72. The molecule has 248 valence electrons. The molecule has 11 heteroatoms. The molecule has 0 amide bonds. The van der Waals surface area contributed by atoms with Crippen LogP contribution in [0.15, 0.2) is 72.8 Å². The number of hydrogen-bond donors (Lipinski definition) is 0. The summed E-state index contributed by atoms with van der Waals surface area (Å²) in [6.45, 7) is 3.19. The molecule has 0 saturated carbocycles. The predicted octanol–water partition coefficient (Wildman–Crippen LogP) is 10.6. The number of halogens is 8. The third-order valence-electron chi connectivity index (χ3n) is 7.72. The molecule has 4 aromatic rings. The van der Waals surface area contributed by atoms with Crippen molar-refractivity contribution in [1.29, 1.82) is 0 Å². The van der Waals surface area contributed by atoms with E-state index in [0.717, 1.165) is 62.1 Å². The summed E-state index contributed by atoms with van der Waals surface area (Å²) in [5.41, 5.74) is -1.60. The summed E-state index contributed by atoms with van der Waals surface area (Å²) in [4.78, 5) is 0. The Hall–Kier alpha value is -4.22. The Morgan fingerprint density at radius 2 is 1.36 bits per heavy atom. The molecule has 1 aliphatic heterocycles. The van der Waals surface area contributed by atoms with E-state index in [0.29, 0.717) is 37.3 Å². The molecule has 5 rings (SSSR count). The van der Waals surface area contributed by atoms with Gasteiger partial charge in [-0.3, -0.25) is 0 Å². The van der Waals surface area contributed by atoms with E-state index < -0.39 is 58.6 Å². The Bertz CT molecular complexity index is 1730. The minimum absolute atomic E-state index is 0.0318. The van der Waals surface area contributed by atoms with Crippen molar-refractivity contribution in [2.45, 2.75) is 45.0 Å². The third kappa shape index (κ3) is 8.20. The zero-order valence-electron chi connectivity index (χ0n) is 25.2. The zero-order chi connectivity index (χ0) is 33.7. The van der Waals surface area contributed by atoms with E-state index in [9.17, 15) is 35.1 Å². The Morgan fingerprint density at radius 1 is 0.723 bits per heavy atom. The maximum absolute atomic E-state index is 15.0. The molecule has 1 saturated heterocycles. The molecular weight excluding hydrogens is 632 g/mol. The summed E-state index contributed by atoms with van der Waals surface area (Å²) in [6.07, 6.45) is 2.61. The first kappa shape index (κ1) is 34.1. The van der Waals surface area contributed by atoms with Gasteiger partial charge in [-0.25, -0.2) is 26.3 Å². The standard InChI is InChI=1S/C36H30F8O3/c1-2-3-4-5-22-19-45-34(46-20-22)13-7-21-6-12-28(31(39)14-21)36(43,44)47-25-9-11-26(30(38)18-25)23-8-10-27(29(37)15-23)24-16-32(40)35(42)33(41)17-24/h6-18,22,34H,2-5,19-20H2,1H3/b13-7+. The lowest BCUT2D eigenvalue weighted by molar-refractivity contribution is -0.187. The van der Waals surface area contributed by atoms with Crippen LogP contribution in [0.5, 0.6) is 5.75 Å². The molecule has 0 aromatic heterocycles. The fourth-order valence-electron chi connectivity index (χ4n) is 5.20. The second-order valence-corrected chi connectivity index (χ2v) is 11.2. The van der Waals surface area contributed by atoms with Gasteiger partial charge in [-0.2, -0.15) is 8.78 Å². The number of hydrogen-bond acceptors (Lipinski definition) is 3. The highest BCUT2D eigenvalue weighted by Crippen LogP contribution is 2.36. The fourth-order valence-corrected chi connectivity index (χ4v) is 5.20. The summed E-state index contributed by atoms with van der Waals surface area (Å²) in [5, 5.41) is 0. The van der Waals surface area contributed by atoms with Crippen molar-refractivity contribution in [1.82, 2.24) is 0 Å². The monoisotopic (exact) mass is 662 g/mol. The van der Waals surface area contributed by atoms with Crippen molar-refractivity contribution in [3.8, 4) is 28.0 Å². The van der Waals surface area contributed by atoms with E-state index in [-0.39, 0.29) is 27.8 Å². The van der Waals surface area contributed by atoms with Crippen LogP contribution in [0.3, 0.4) is 0 Å². The van der Waals surface area contributed by atoms with Crippen molar-refractivity contribution in [3.63, 3.8) is 0 Å². The smallest absolute Gasteiger partial charge is 0.429 e. The largest absolute Gasteiger partial charge is 0.429 e. The lowest BCUT2D eigenvalue weighted by atomic mass is 9.99. The quantitative estimate of drug-likeness (QED) is 0.0909. The number of rotatable bonds is 11. The van der Waals surface area contributed by atoms with Crippen molar-refractivity contribution in [2.75, 3.05) is 13.2 Å².